The van der Waals surface area contributed by atoms with Gasteiger partial charge in [-0.3, -0.25) is 15.1 Å². The number of methoxy groups -OCH3 is 2. The van der Waals surface area contributed by atoms with Gasteiger partial charge in [-0.15, -0.1) is 22.7 Å². The van der Waals surface area contributed by atoms with Crippen molar-refractivity contribution in [2.45, 2.75) is 6.92 Å². The maximum Gasteiger partial charge on any atom is 0.269 e. The van der Waals surface area contributed by atoms with Crippen molar-refractivity contribution in [2.75, 3.05) is 19.5 Å². The quantitative estimate of drug-likeness (QED) is 0.460. The minimum atomic E-state index is -0.237. The van der Waals surface area contributed by atoms with E-state index < -0.39 is 0 Å². The Bertz CT molecular complexity index is 1190. The molecule has 4 rings (SSSR count). The average Bonchev–Trinajstić information content (AvgIpc) is 3.40. The molecule has 3 heterocycles. The summed E-state index contributed by atoms with van der Waals surface area (Å²) in [6.45, 7) is 1.82. The lowest BCUT2D eigenvalue weighted by Gasteiger charge is -2.08. The van der Waals surface area contributed by atoms with Crippen LogP contribution in [0.2, 0.25) is 0 Å². The molecule has 7 nitrogen and oxygen atoms in total. The molecule has 0 atom stereocenters. The van der Waals surface area contributed by atoms with Crippen LogP contribution in [0.4, 0.5) is 5.13 Å². The van der Waals surface area contributed by atoms with Crippen LogP contribution in [0.1, 0.15) is 15.4 Å². The number of pyridine rings is 1. The number of hydrogen-bond donors (Lipinski definition) is 1. The maximum atomic E-state index is 12.8. The molecule has 0 saturated heterocycles. The summed E-state index contributed by atoms with van der Waals surface area (Å²) in [5, 5.41) is 5.97. The molecule has 30 heavy (non-hydrogen) atoms. The van der Waals surface area contributed by atoms with Gasteiger partial charge < -0.3 is 9.47 Å². The van der Waals surface area contributed by atoms with E-state index in [-0.39, 0.29) is 5.91 Å². The molecule has 4 aromatic rings. The van der Waals surface area contributed by atoms with Crippen LogP contribution in [0.15, 0.2) is 48.0 Å². The second-order valence-electron chi connectivity index (χ2n) is 6.21. The number of carbonyl (C=O) groups is 1. The number of aryl methyl sites for hydroxylation is 1. The summed E-state index contributed by atoms with van der Waals surface area (Å²) in [5.41, 5.74) is 3.00. The van der Waals surface area contributed by atoms with Gasteiger partial charge in [0.05, 0.1) is 25.6 Å². The fraction of sp³-hybridized carbons (Fsp3) is 0.143. The van der Waals surface area contributed by atoms with E-state index in [0.29, 0.717) is 27.2 Å². The highest BCUT2D eigenvalue weighted by atomic mass is 32.1. The van der Waals surface area contributed by atoms with Crippen molar-refractivity contribution < 1.29 is 14.3 Å². The predicted molar refractivity (Wildman–Crippen MR) is 119 cm³/mol. The van der Waals surface area contributed by atoms with Crippen molar-refractivity contribution in [3.63, 3.8) is 0 Å². The topological polar surface area (TPSA) is 86.2 Å². The van der Waals surface area contributed by atoms with Gasteiger partial charge in [-0.05, 0) is 37.3 Å². The van der Waals surface area contributed by atoms with Crippen molar-refractivity contribution in [1.82, 2.24) is 15.0 Å². The smallest absolute Gasteiger partial charge is 0.269 e. The minimum absolute atomic E-state index is 0.237. The van der Waals surface area contributed by atoms with Crippen molar-refractivity contribution in [1.29, 1.82) is 0 Å². The Morgan fingerprint density at radius 1 is 1.03 bits per heavy atom. The zero-order valence-corrected chi connectivity index (χ0v) is 18.1. The fourth-order valence-corrected chi connectivity index (χ4v) is 4.47. The molecule has 152 valence electrons. The number of hydrogen-bond acceptors (Lipinski definition) is 8. The molecule has 3 aromatic heterocycles. The minimum Gasteiger partial charge on any atom is -0.493 e. The van der Waals surface area contributed by atoms with E-state index in [1.54, 1.807) is 20.4 Å². The second kappa shape index (κ2) is 8.60. The third-order valence-electron chi connectivity index (χ3n) is 4.29. The van der Waals surface area contributed by atoms with Crippen LogP contribution in [0.25, 0.3) is 22.0 Å². The Kier molecular flexibility index (Phi) is 5.73. The number of thiazole rings is 2. The summed E-state index contributed by atoms with van der Waals surface area (Å²) < 4.78 is 10.6. The summed E-state index contributed by atoms with van der Waals surface area (Å²) in [6.07, 6.45) is 1.71. The van der Waals surface area contributed by atoms with Gasteiger partial charge in [-0.25, -0.2) is 9.97 Å². The Morgan fingerprint density at radius 2 is 1.87 bits per heavy atom. The highest BCUT2D eigenvalue weighted by Crippen LogP contribution is 2.35. The van der Waals surface area contributed by atoms with Crippen molar-refractivity contribution >= 4 is 33.7 Å². The molecule has 0 aliphatic heterocycles. The molecule has 0 unspecified atom stereocenters. The second-order valence-corrected chi connectivity index (χ2v) is 8.07. The molecular formula is C21H18N4O3S2. The number of carbonyl (C=O) groups excluding carboxylic acids is 1. The van der Waals surface area contributed by atoms with E-state index in [1.165, 1.54) is 22.7 Å². The Labute approximate surface area is 181 Å². The van der Waals surface area contributed by atoms with Crippen LogP contribution in [0.3, 0.4) is 0 Å². The van der Waals surface area contributed by atoms with E-state index in [9.17, 15) is 4.79 Å². The molecule has 0 bridgehead atoms. The number of amides is 1. The van der Waals surface area contributed by atoms with Gasteiger partial charge in [0, 0.05) is 17.1 Å². The molecular weight excluding hydrogens is 420 g/mol. The van der Waals surface area contributed by atoms with Crippen LogP contribution >= 0.6 is 22.7 Å². The lowest BCUT2D eigenvalue weighted by molar-refractivity contribution is 0.103. The van der Waals surface area contributed by atoms with E-state index in [4.69, 9.17) is 9.47 Å². The summed E-state index contributed by atoms with van der Waals surface area (Å²) in [6, 6.07) is 11.2. The Hall–Kier alpha value is -3.30. The van der Waals surface area contributed by atoms with E-state index in [0.717, 1.165) is 22.0 Å². The van der Waals surface area contributed by atoms with Gasteiger partial charge in [0.2, 0.25) is 0 Å². The van der Waals surface area contributed by atoms with Crippen molar-refractivity contribution in [2.24, 2.45) is 0 Å². The molecule has 0 aliphatic carbocycles. The van der Waals surface area contributed by atoms with Crippen LogP contribution in [0, 0.1) is 6.92 Å². The number of rotatable bonds is 6. The maximum absolute atomic E-state index is 12.8. The predicted octanol–water partition coefficient (Wildman–Crippen LogP) is 4.91. The number of benzene rings is 1. The zero-order valence-electron chi connectivity index (χ0n) is 16.5. The van der Waals surface area contributed by atoms with E-state index in [2.05, 4.69) is 20.3 Å². The number of aromatic nitrogens is 3. The fourth-order valence-electron chi connectivity index (χ4n) is 2.82. The zero-order chi connectivity index (χ0) is 21.1. The molecule has 1 aromatic carbocycles. The lowest BCUT2D eigenvalue weighted by atomic mass is 10.2. The largest absolute Gasteiger partial charge is 0.493 e. The number of anilines is 1. The normalized spacial score (nSPS) is 10.6. The molecule has 0 spiro atoms. The SMILES string of the molecule is COc1ccc(-c2nc(C)c(C(=O)Nc3nc(-c4ccccn4)cs3)s2)cc1OC. The van der Waals surface area contributed by atoms with Gasteiger partial charge >= 0.3 is 0 Å². The molecule has 9 heteroatoms. The third kappa shape index (κ3) is 4.03. The van der Waals surface area contributed by atoms with Gasteiger partial charge in [-0.2, -0.15) is 0 Å². The van der Waals surface area contributed by atoms with Crippen molar-refractivity contribution in [3.8, 4) is 33.5 Å². The first-order valence-corrected chi connectivity index (χ1v) is 10.7. The Morgan fingerprint density at radius 3 is 2.60 bits per heavy atom. The van der Waals surface area contributed by atoms with Gasteiger partial charge in [0.1, 0.15) is 15.6 Å². The monoisotopic (exact) mass is 438 g/mol. The summed E-state index contributed by atoms with van der Waals surface area (Å²) >= 11 is 2.68. The van der Waals surface area contributed by atoms with E-state index >= 15 is 0 Å². The standard InChI is InChI=1S/C21H18N4O3S2/c1-12-18(30-20(23-12)13-7-8-16(27-2)17(10-13)28-3)19(26)25-21-24-15(11-29-21)14-6-4-5-9-22-14/h4-11H,1-3H3,(H,24,25,26). The molecule has 0 aliphatic rings. The highest BCUT2D eigenvalue weighted by molar-refractivity contribution is 7.17. The first-order chi connectivity index (χ1) is 14.6. The molecule has 0 fully saturated rings. The van der Waals surface area contributed by atoms with Crippen LogP contribution in [-0.2, 0) is 0 Å². The summed E-state index contributed by atoms with van der Waals surface area (Å²) in [7, 11) is 3.17. The van der Waals surface area contributed by atoms with Gasteiger partial charge in [-0.1, -0.05) is 6.07 Å². The van der Waals surface area contributed by atoms with Crippen LogP contribution in [-0.4, -0.2) is 35.1 Å². The first-order valence-electron chi connectivity index (χ1n) is 8.97. The summed E-state index contributed by atoms with van der Waals surface area (Å²) in [4.78, 5) is 26.7. The lowest BCUT2D eigenvalue weighted by Crippen LogP contribution is -2.11. The first kappa shape index (κ1) is 20.0. The molecule has 1 N–H and O–H groups in total. The Balaban J connectivity index is 1.55. The third-order valence-corrected chi connectivity index (χ3v) is 6.25. The number of nitrogens with zero attached hydrogens (tertiary/aromatic N) is 3. The highest BCUT2D eigenvalue weighted by Gasteiger charge is 2.19. The van der Waals surface area contributed by atoms with Crippen LogP contribution < -0.4 is 14.8 Å². The van der Waals surface area contributed by atoms with E-state index in [1.807, 2.05) is 48.7 Å². The van der Waals surface area contributed by atoms with Gasteiger partial charge in [0.25, 0.3) is 5.91 Å². The number of nitrogens with one attached hydrogen (secondary N) is 1. The van der Waals surface area contributed by atoms with Crippen molar-refractivity contribution in [3.05, 3.63) is 58.5 Å². The molecule has 1 amide bonds. The number of ether oxygens (including phenoxy) is 2. The van der Waals surface area contributed by atoms with Crippen LogP contribution in [0.5, 0.6) is 11.5 Å². The average molecular weight is 439 g/mol. The summed E-state index contributed by atoms with van der Waals surface area (Å²) in [5.74, 6) is 1.01. The molecule has 0 radical (unpaired) electrons. The molecule has 0 saturated carbocycles. The van der Waals surface area contributed by atoms with Gasteiger partial charge in [0.15, 0.2) is 16.6 Å².